The number of nitrogens with one attached hydrogen (secondary N) is 1. The van der Waals surface area contributed by atoms with Gasteiger partial charge in [-0.3, -0.25) is 9.59 Å². The van der Waals surface area contributed by atoms with Crippen molar-refractivity contribution in [3.05, 3.63) is 28.8 Å². The predicted molar refractivity (Wildman–Crippen MR) is 107 cm³/mol. The third kappa shape index (κ3) is 7.12. The second-order valence-electron chi connectivity index (χ2n) is 6.16. The first kappa shape index (κ1) is 20.5. The number of hydrogen-bond acceptors (Lipinski definition) is 5. The van der Waals surface area contributed by atoms with Crippen LogP contribution in [0.1, 0.15) is 44.6 Å². The van der Waals surface area contributed by atoms with Crippen molar-refractivity contribution in [3.8, 4) is 0 Å². The highest BCUT2D eigenvalue weighted by Gasteiger charge is 2.19. The molecule has 1 heterocycles. The molecule has 1 aromatic rings. The van der Waals surface area contributed by atoms with E-state index in [2.05, 4.69) is 5.32 Å². The van der Waals surface area contributed by atoms with Gasteiger partial charge in [0.15, 0.2) is 6.10 Å². The molecular weight excluding hydrogens is 378 g/mol. The fraction of sp³-hybridized carbons (Fsp3) is 0.556. The van der Waals surface area contributed by atoms with Crippen LogP contribution in [0.5, 0.6) is 0 Å². The molecule has 4 nitrogen and oxygen atoms in total. The highest BCUT2D eigenvalue weighted by molar-refractivity contribution is 8.77. The zero-order valence-corrected chi connectivity index (χ0v) is 16.9. The molecule has 25 heavy (non-hydrogen) atoms. The first-order valence-corrected chi connectivity index (χ1v) is 11.3. The minimum absolute atomic E-state index is 0.320. The van der Waals surface area contributed by atoms with Gasteiger partial charge in [-0.15, -0.1) is 0 Å². The molecule has 2 atom stereocenters. The molecule has 1 saturated heterocycles. The molecule has 0 spiro atoms. The Kier molecular flexibility index (Phi) is 8.46. The second-order valence-corrected chi connectivity index (χ2v) is 9.38. The molecule has 1 aliphatic rings. The van der Waals surface area contributed by atoms with Crippen molar-refractivity contribution in [2.24, 2.45) is 0 Å². The zero-order valence-electron chi connectivity index (χ0n) is 14.5. The zero-order chi connectivity index (χ0) is 18.2. The number of rotatable bonds is 8. The van der Waals surface area contributed by atoms with E-state index in [4.69, 9.17) is 16.3 Å². The largest absolute Gasteiger partial charge is 0.453 e. The van der Waals surface area contributed by atoms with Crippen LogP contribution in [0.25, 0.3) is 0 Å². The molecule has 2 rings (SSSR count). The van der Waals surface area contributed by atoms with Crippen molar-refractivity contribution in [2.75, 3.05) is 11.1 Å². The third-order valence-electron chi connectivity index (χ3n) is 4.02. The molecule has 138 valence electrons. The van der Waals surface area contributed by atoms with Crippen LogP contribution in [0, 0.1) is 6.92 Å². The van der Waals surface area contributed by atoms with E-state index in [1.165, 1.54) is 12.2 Å². The standard InChI is InChI=1S/C18H24ClNO3S2/c1-12-7-8-14(19)11-16(12)20-18(22)13(2)23-17(21)6-4-3-5-15-9-10-24-25-15/h7-8,11,13,15H,3-6,9-10H2,1-2H3,(H,20,22)/t13-,15-/m1/s1. The number of amides is 1. The van der Waals surface area contributed by atoms with Crippen LogP contribution >= 0.6 is 33.2 Å². The van der Waals surface area contributed by atoms with Crippen LogP contribution in [-0.2, 0) is 14.3 Å². The summed E-state index contributed by atoms with van der Waals surface area (Å²) in [7, 11) is 3.89. The van der Waals surface area contributed by atoms with Gasteiger partial charge in [0.05, 0.1) is 0 Å². The van der Waals surface area contributed by atoms with Gasteiger partial charge in [-0.05, 0) is 50.8 Å². The summed E-state index contributed by atoms with van der Waals surface area (Å²) in [4.78, 5) is 24.1. The summed E-state index contributed by atoms with van der Waals surface area (Å²) in [5.41, 5.74) is 1.53. The average Bonchev–Trinajstić information content (AvgIpc) is 3.08. The molecule has 0 saturated carbocycles. The van der Waals surface area contributed by atoms with Gasteiger partial charge in [-0.1, -0.05) is 45.7 Å². The van der Waals surface area contributed by atoms with Crippen LogP contribution in [0.2, 0.25) is 5.02 Å². The van der Waals surface area contributed by atoms with Gasteiger partial charge in [-0.25, -0.2) is 0 Å². The SMILES string of the molecule is Cc1ccc(Cl)cc1NC(=O)[C@@H](C)OC(=O)CCCC[C@@H]1CCSS1. The molecule has 0 unspecified atom stereocenters. The molecule has 7 heteroatoms. The van der Waals surface area contributed by atoms with Crippen LogP contribution in [0.4, 0.5) is 5.69 Å². The quantitative estimate of drug-likeness (QED) is 0.367. The van der Waals surface area contributed by atoms with Gasteiger partial charge < -0.3 is 10.1 Å². The predicted octanol–water partition coefficient (Wildman–Crippen LogP) is 5.23. The van der Waals surface area contributed by atoms with Gasteiger partial charge >= 0.3 is 5.97 Å². The maximum Gasteiger partial charge on any atom is 0.306 e. The molecule has 1 aliphatic heterocycles. The van der Waals surface area contributed by atoms with Crippen molar-refractivity contribution in [2.45, 2.75) is 57.3 Å². The maximum absolute atomic E-state index is 12.2. The molecule has 1 fully saturated rings. The Morgan fingerprint density at radius 1 is 1.40 bits per heavy atom. The fourth-order valence-corrected chi connectivity index (χ4v) is 5.68. The fourth-order valence-electron chi connectivity index (χ4n) is 2.48. The van der Waals surface area contributed by atoms with Gasteiger partial charge in [0.25, 0.3) is 5.91 Å². The van der Waals surface area contributed by atoms with Gasteiger partial charge in [0, 0.05) is 28.1 Å². The highest BCUT2D eigenvalue weighted by Crippen LogP contribution is 2.39. The molecule has 0 bridgehead atoms. The van der Waals surface area contributed by atoms with Crippen molar-refractivity contribution >= 4 is 50.8 Å². The topological polar surface area (TPSA) is 55.4 Å². The molecule has 1 aromatic carbocycles. The van der Waals surface area contributed by atoms with E-state index in [9.17, 15) is 9.59 Å². The van der Waals surface area contributed by atoms with E-state index in [1.54, 1.807) is 19.1 Å². The van der Waals surface area contributed by atoms with E-state index in [-0.39, 0.29) is 11.9 Å². The second kappa shape index (κ2) is 10.3. The Bertz CT molecular complexity index is 606. The Morgan fingerprint density at radius 2 is 2.20 bits per heavy atom. The molecule has 0 aromatic heterocycles. The number of benzene rings is 1. The summed E-state index contributed by atoms with van der Waals surface area (Å²) in [6.45, 7) is 3.46. The maximum atomic E-state index is 12.2. The van der Waals surface area contributed by atoms with Crippen LogP contribution in [-0.4, -0.2) is 29.0 Å². The summed E-state index contributed by atoms with van der Waals surface area (Å²) < 4.78 is 5.23. The summed E-state index contributed by atoms with van der Waals surface area (Å²) >= 11 is 5.94. The minimum Gasteiger partial charge on any atom is -0.453 e. The minimum atomic E-state index is -0.826. The van der Waals surface area contributed by atoms with E-state index >= 15 is 0 Å². The Balaban J connectivity index is 1.68. The van der Waals surface area contributed by atoms with Crippen molar-refractivity contribution < 1.29 is 14.3 Å². The number of anilines is 1. The first-order chi connectivity index (χ1) is 12.0. The molecular formula is C18H24ClNO3S2. The Morgan fingerprint density at radius 3 is 2.92 bits per heavy atom. The van der Waals surface area contributed by atoms with Crippen molar-refractivity contribution in [3.63, 3.8) is 0 Å². The number of halogens is 1. The van der Waals surface area contributed by atoms with Crippen LogP contribution in [0.15, 0.2) is 18.2 Å². The van der Waals surface area contributed by atoms with Crippen LogP contribution in [0.3, 0.4) is 0 Å². The normalized spacial score (nSPS) is 18.0. The first-order valence-electron chi connectivity index (χ1n) is 8.50. The summed E-state index contributed by atoms with van der Waals surface area (Å²) in [5, 5.41) is 4.03. The van der Waals surface area contributed by atoms with Gasteiger partial charge in [-0.2, -0.15) is 0 Å². The van der Waals surface area contributed by atoms with E-state index < -0.39 is 6.10 Å². The average molecular weight is 402 g/mol. The number of carbonyl (C=O) groups excluding carboxylic acids is 2. The number of ether oxygens (including phenoxy) is 1. The van der Waals surface area contributed by atoms with Crippen LogP contribution < -0.4 is 5.32 Å². The highest BCUT2D eigenvalue weighted by atomic mass is 35.5. The molecule has 1 N–H and O–H groups in total. The van der Waals surface area contributed by atoms with Crippen molar-refractivity contribution in [1.29, 1.82) is 0 Å². The monoisotopic (exact) mass is 401 g/mol. The van der Waals surface area contributed by atoms with E-state index in [0.29, 0.717) is 17.1 Å². The number of carbonyl (C=O) groups is 2. The molecule has 1 amide bonds. The number of esters is 1. The Hall–Kier alpha value is -0.850. The third-order valence-corrected chi connectivity index (χ3v) is 7.26. The molecule has 0 aliphatic carbocycles. The Labute approximate surface area is 162 Å². The molecule has 0 radical (unpaired) electrons. The summed E-state index contributed by atoms with van der Waals surface area (Å²) in [5.74, 6) is 0.563. The number of hydrogen-bond donors (Lipinski definition) is 1. The lowest BCUT2D eigenvalue weighted by Crippen LogP contribution is -2.30. The lowest BCUT2D eigenvalue weighted by molar-refractivity contribution is -0.153. The summed E-state index contributed by atoms with van der Waals surface area (Å²) in [6, 6.07) is 5.27. The number of unbranched alkanes of at least 4 members (excludes halogenated alkanes) is 1. The summed E-state index contributed by atoms with van der Waals surface area (Å²) in [6.07, 6.45) is 3.78. The smallest absolute Gasteiger partial charge is 0.306 e. The van der Waals surface area contributed by atoms with Gasteiger partial charge in [0.1, 0.15) is 0 Å². The lowest BCUT2D eigenvalue weighted by Gasteiger charge is -2.15. The lowest BCUT2D eigenvalue weighted by atomic mass is 10.1. The van der Waals surface area contributed by atoms with E-state index in [1.807, 2.05) is 34.6 Å². The van der Waals surface area contributed by atoms with Gasteiger partial charge in [0.2, 0.25) is 0 Å². The van der Waals surface area contributed by atoms with E-state index in [0.717, 1.165) is 30.1 Å². The van der Waals surface area contributed by atoms with Crippen molar-refractivity contribution in [1.82, 2.24) is 0 Å². The number of aryl methyl sites for hydroxylation is 1.